The quantitative estimate of drug-likeness (QED) is 0.479. The Morgan fingerprint density at radius 3 is 2.30 bits per heavy atom. The van der Waals surface area contributed by atoms with Gasteiger partial charge in [0.15, 0.2) is 5.96 Å². The molecule has 3 fully saturated rings. The minimum Gasteiger partial charge on any atom is -0.357 e. The van der Waals surface area contributed by atoms with Crippen LogP contribution in [-0.4, -0.2) is 110 Å². The van der Waals surface area contributed by atoms with Crippen LogP contribution >= 0.6 is 0 Å². The van der Waals surface area contributed by atoms with Gasteiger partial charge in [0.2, 0.25) is 5.91 Å². The predicted molar refractivity (Wildman–Crippen MR) is 124 cm³/mol. The lowest BCUT2D eigenvalue weighted by molar-refractivity contribution is -0.137. The second-order valence-electron chi connectivity index (χ2n) is 8.99. The number of carbonyl (C=O) groups is 1. The molecule has 2 aliphatic heterocycles. The largest absolute Gasteiger partial charge is 0.357 e. The van der Waals surface area contributed by atoms with Crippen LogP contribution in [0.5, 0.6) is 0 Å². The minimum atomic E-state index is 0.310. The summed E-state index contributed by atoms with van der Waals surface area (Å²) in [6.45, 7) is 17.5. The summed E-state index contributed by atoms with van der Waals surface area (Å²) in [4.78, 5) is 27.1. The van der Waals surface area contributed by atoms with Gasteiger partial charge in [0.1, 0.15) is 0 Å². The molecule has 30 heavy (non-hydrogen) atoms. The second-order valence-corrected chi connectivity index (χ2v) is 8.99. The number of aliphatic imine (C=N–C) groups is 1. The molecule has 2 heterocycles. The van der Waals surface area contributed by atoms with Crippen molar-refractivity contribution in [3.8, 4) is 0 Å². The maximum absolute atomic E-state index is 12.6. The molecule has 1 saturated carbocycles. The van der Waals surface area contributed by atoms with Gasteiger partial charge in [0.25, 0.3) is 0 Å². The number of rotatable bonds is 8. The summed E-state index contributed by atoms with van der Waals surface area (Å²) in [5.74, 6) is 1.79. The number of likely N-dealkylation sites (tertiary alicyclic amines) is 1. The smallest absolute Gasteiger partial charge is 0.225 e. The van der Waals surface area contributed by atoms with Crippen LogP contribution in [0.1, 0.15) is 52.9 Å². The summed E-state index contributed by atoms with van der Waals surface area (Å²) in [7, 11) is 0. The highest BCUT2D eigenvalue weighted by Gasteiger charge is 2.30. The number of piperazine rings is 1. The Hall–Kier alpha value is -1.34. The van der Waals surface area contributed by atoms with Gasteiger partial charge in [-0.2, -0.15) is 0 Å². The van der Waals surface area contributed by atoms with Crippen molar-refractivity contribution >= 4 is 11.9 Å². The normalized spacial score (nSPS) is 24.3. The number of nitrogens with zero attached hydrogens (tertiary/aromatic N) is 5. The first kappa shape index (κ1) is 23.3. The van der Waals surface area contributed by atoms with Crippen molar-refractivity contribution in [1.29, 1.82) is 0 Å². The van der Waals surface area contributed by atoms with Gasteiger partial charge in [-0.15, -0.1) is 0 Å². The molecular formula is C23H44N6O. The second kappa shape index (κ2) is 11.9. The van der Waals surface area contributed by atoms with Crippen molar-refractivity contribution in [3.63, 3.8) is 0 Å². The van der Waals surface area contributed by atoms with E-state index in [1.807, 2.05) is 0 Å². The Balaban J connectivity index is 1.42. The van der Waals surface area contributed by atoms with Crippen LogP contribution in [0.25, 0.3) is 0 Å². The molecule has 1 N–H and O–H groups in total. The van der Waals surface area contributed by atoms with E-state index in [1.165, 1.54) is 19.3 Å². The fourth-order valence-corrected chi connectivity index (χ4v) is 5.32. The Labute approximate surface area is 183 Å². The van der Waals surface area contributed by atoms with Crippen molar-refractivity contribution in [2.45, 2.75) is 58.9 Å². The van der Waals surface area contributed by atoms with Gasteiger partial charge in [-0.1, -0.05) is 26.7 Å². The Morgan fingerprint density at radius 1 is 0.967 bits per heavy atom. The fraction of sp³-hybridized carbons (Fsp3) is 0.913. The van der Waals surface area contributed by atoms with Crippen LogP contribution in [0.15, 0.2) is 4.99 Å². The molecule has 2 saturated heterocycles. The zero-order chi connectivity index (χ0) is 21.3. The van der Waals surface area contributed by atoms with Gasteiger partial charge in [-0.05, 0) is 39.3 Å². The summed E-state index contributed by atoms with van der Waals surface area (Å²) >= 11 is 0. The van der Waals surface area contributed by atoms with E-state index in [2.05, 4.69) is 45.7 Å². The lowest BCUT2D eigenvalue weighted by atomic mass is 10.1. The van der Waals surface area contributed by atoms with Crippen LogP contribution in [0.2, 0.25) is 0 Å². The zero-order valence-corrected chi connectivity index (χ0v) is 19.6. The first-order valence-electron chi connectivity index (χ1n) is 12.4. The zero-order valence-electron chi connectivity index (χ0n) is 19.6. The first-order valence-corrected chi connectivity index (χ1v) is 12.4. The molecule has 1 unspecified atom stereocenters. The summed E-state index contributed by atoms with van der Waals surface area (Å²) in [5.41, 5.74) is 0. The lowest BCUT2D eigenvalue weighted by Crippen LogP contribution is -2.50. The van der Waals surface area contributed by atoms with E-state index in [1.54, 1.807) is 0 Å². The van der Waals surface area contributed by atoms with Crippen molar-refractivity contribution in [2.75, 3.05) is 72.0 Å². The standard InChI is InChI=1S/C23H44N6O/c1-4-24-23(29-13-11-21(19-29)27(5-2)6-3)25-12-14-26-15-17-28(18-16-26)22(30)20-9-7-8-10-20/h20-21H,4-19H2,1-3H3,(H,24,25). The Morgan fingerprint density at radius 2 is 1.67 bits per heavy atom. The molecule has 3 rings (SSSR count). The van der Waals surface area contributed by atoms with E-state index < -0.39 is 0 Å². The fourth-order valence-electron chi connectivity index (χ4n) is 5.32. The molecule has 7 heteroatoms. The van der Waals surface area contributed by atoms with E-state index in [-0.39, 0.29) is 0 Å². The maximum atomic E-state index is 12.6. The van der Waals surface area contributed by atoms with Gasteiger partial charge in [0.05, 0.1) is 6.54 Å². The number of amides is 1. The van der Waals surface area contributed by atoms with Gasteiger partial charge >= 0.3 is 0 Å². The SMILES string of the molecule is CCNC(=NCCN1CCN(C(=O)C2CCCC2)CC1)N1CCC(N(CC)CC)C1. The van der Waals surface area contributed by atoms with Crippen molar-refractivity contribution in [2.24, 2.45) is 10.9 Å². The summed E-state index contributed by atoms with van der Waals surface area (Å²) in [6.07, 6.45) is 5.90. The number of likely N-dealkylation sites (N-methyl/N-ethyl adjacent to an activating group) is 1. The van der Waals surface area contributed by atoms with Crippen LogP contribution in [0.4, 0.5) is 0 Å². The molecule has 1 atom stereocenters. The third-order valence-electron chi connectivity index (χ3n) is 7.19. The molecule has 7 nitrogen and oxygen atoms in total. The molecule has 1 amide bonds. The molecule has 0 radical (unpaired) electrons. The number of guanidine groups is 1. The molecule has 1 aliphatic carbocycles. The summed E-state index contributed by atoms with van der Waals surface area (Å²) in [5, 5.41) is 3.50. The van der Waals surface area contributed by atoms with E-state index in [0.29, 0.717) is 17.9 Å². The predicted octanol–water partition coefficient (Wildman–Crippen LogP) is 1.70. The van der Waals surface area contributed by atoms with E-state index in [9.17, 15) is 4.79 Å². The van der Waals surface area contributed by atoms with Gasteiger partial charge < -0.3 is 15.1 Å². The van der Waals surface area contributed by atoms with Crippen LogP contribution in [-0.2, 0) is 4.79 Å². The van der Waals surface area contributed by atoms with Crippen LogP contribution in [0.3, 0.4) is 0 Å². The number of nitrogens with one attached hydrogen (secondary N) is 1. The third-order valence-corrected chi connectivity index (χ3v) is 7.19. The number of carbonyl (C=O) groups excluding carboxylic acids is 1. The molecule has 0 aromatic carbocycles. The Bertz CT molecular complexity index is 550. The minimum absolute atomic E-state index is 0.310. The van der Waals surface area contributed by atoms with Crippen molar-refractivity contribution < 1.29 is 4.79 Å². The van der Waals surface area contributed by atoms with E-state index in [4.69, 9.17) is 4.99 Å². The highest BCUT2D eigenvalue weighted by molar-refractivity contribution is 5.80. The maximum Gasteiger partial charge on any atom is 0.225 e. The first-order chi connectivity index (χ1) is 14.7. The van der Waals surface area contributed by atoms with Gasteiger partial charge in [-0.3, -0.25) is 19.6 Å². The molecule has 0 spiro atoms. The number of hydrogen-bond donors (Lipinski definition) is 1. The molecule has 0 aromatic heterocycles. The highest BCUT2D eigenvalue weighted by Crippen LogP contribution is 2.26. The topological polar surface area (TPSA) is 54.4 Å². The monoisotopic (exact) mass is 420 g/mol. The van der Waals surface area contributed by atoms with Crippen molar-refractivity contribution in [1.82, 2.24) is 24.9 Å². The summed E-state index contributed by atoms with van der Waals surface area (Å²) in [6, 6.07) is 0.648. The van der Waals surface area contributed by atoms with Gasteiger partial charge in [-0.25, -0.2) is 0 Å². The molecule has 0 bridgehead atoms. The number of hydrogen-bond acceptors (Lipinski definition) is 4. The highest BCUT2D eigenvalue weighted by atomic mass is 16.2. The van der Waals surface area contributed by atoms with Crippen molar-refractivity contribution in [3.05, 3.63) is 0 Å². The average molecular weight is 421 g/mol. The molecular weight excluding hydrogens is 376 g/mol. The van der Waals surface area contributed by atoms with Crippen LogP contribution < -0.4 is 5.32 Å². The van der Waals surface area contributed by atoms with Crippen LogP contribution in [0, 0.1) is 5.92 Å². The van der Waals surface area contributed by atoms with E-state index >= 15 is 0 Å². The summed E-state index contributed by atoms with van der Waals surface area (Å²) < 4.78 is 0. The lowest BCUT2D eigenvalue weighted by Gasteiger charge is -2.35. The molecule has 0 aromatic rings. The molecule has 3 aliphatic rings. The van der Waals surface area contributed by atoms with E-state index in [0.717, 1.165) is 90.8 Å². The Kier molecular flexibility index (Phi) is 9.25. The third kappa shape index (κ3) is 6.10. The average Bonchev–Trinajstić information content (AvgIpc) is 3.47. The van der Waals surface area contributed by atoms with Gasteiger partial charge in [0, 0.05) is 64.3 Å². The molecule has 172 valence electrons.